The van der Waals surface area contributed by atoms with Crippen LogP contribution in [0.2, 0.25) is 0 Å². The summed E-state index contributed by atoms with van der Waals surface area (Å²) in [6.07, 6.45) is 4.67. The van der Waals surface area contributed by atoms with Gasteiger partial charge >= 0.3 is 0 Å². The summed E-state index contributed by atoms with van der Waals surface area (Å²) in [5.41, 5.74) is 1.11. The second-order valence-electron chi connectivity index (χ2n) is 5.12. The number of para-hydroxylation sites is 1. The van der Waals surface area contributed by atoms with Crippen LogP contribution in [0.4, 0.5) is 0 Å². The van der Waals surface area contributed by atoms with Gasteiger partial charge in [-0.15, -0.1) is 12.4 Å². The van der Waals surface area contributed by atoms with Gasteiger partial charge in [0, 0.05) is 12.6 Å². The summed E-state index contributed by atoms with van der Waals surface area (Å²) < 4.78 is 5.62. The number of hydrogen-bond acceptors (Lipinski definition) is 3. The van der Waals surface area contributed by atoms with Gasteiger partial charge in [-0.1, -0.05) is 31.0 Å². The first-order valence-electron chi connectivity index (χ1n) is 6.85. The fourth-order valence-corrected chi connectivity index (χ4v) is 2.40. The van der Waals surface area contributed by atoms with Crippen molar-refractivity contribution in [3.63, 3.8) is 0 Å². The lowest BCUT2D eigenvalue weighted by Crippen LogP contribution is -2.36. The Balaban J connectivity index is 0.00000180. The number of aryl methyl sites for hydroxylation is 1. The summed E-state index contributed by atoms with van der Waals surface area (Å²) in [7, 11) is 0. The van der Waals surface area contributed by atoms with Crippen LogP contribution in [0, 0.1) is 6.92 Å². The van der Waals surface area contributed by atoms with Gasteiger partial charge in [-0.2, -0.15) is 0 Å². The molecular weight excluding hydrogens is 262 g/mol. The van der Waals surface area contributed by atoms with Crippen molar-refractivity contribution in [3.8, 4) is 5.75 Å². The Morgan fingerprint density at radius 1 is 1.32 bits per heavy atom. The monoisotopic (exact) mass is 285 g/mol. The summed E-state index contributed by atoms with van der Waals surface area (Å²) in [6.45, 7) is 2.99. The van der Waals surface area contributed by atoms with Gasteiger partial charge in [0.15, 0.2) is 0 Å². The topological polar surface area (TPSA) is 41.5 Å². The van der Waals surface area contributed by atoms with E-state index >= 15 is 0 Å². The van der Waals surface area contributed by atoms with Gasteiger partial charge in [-0.25, -0.2) is 0 Å². The van der Waals surface area contributed by atoms with Gasteiger partial charge in [0.25, 0.3) is 0 Å². The van der Waals surface area contributed by atoms with E-state index in [4.69, 9.17) is 4.74 Å². The summed E-state index contributed by atoms with van der Waals surface area (Å²) in [6, 6.07) is 8.48. The second kappa shape index (κ2) is 8.41. The number of hydrogen-bond donors (Lipinski definition) is 2. The molecule has 4 heteroatoms. The third-order valence-electron chi connectivity index (χ3n) is 3.52. The fraction of sp³-hybridized carbons (Fsp3) is 0.600. The van der Waals surface area contributed by atoms with Crippen LogP contribution in [-0.2, 0) is 0 Å². The van der Waals surface area contributed by atoms with E-state index in [0.29, 0.717) is 19.2 Å². The average molecular weight is 286 g/mol. The number of halogens is 1. The normalized spacial score (nSPS) is 16.9. The Morgan fingerprint density at radius 2 is 2.00 bits per heavy atom. The minimum atomic E-state index is -0.440. The van der Waals surface area contributed by atoms with E-state index in [1.165, 1.54) is 25.7 Å². The minimum absolute atomic E-state index is 0. The maximum atomic E-state index is 9.87. The lowest BCUT2D eigenvalue weighted by atomic mass is 10.2. The summed E-state index contributed by atoms with van der Waals surface area (Å²) in [5.74, 6) is 0.859. The molecule has 1 aliphatic carbocycles. The SMILES string of the molecule is Cc1ccccc1OCC(O)CNC1CCCC1.Cl. The molecule has 1 fully saturated rings. The average Bonchev–Trinajstić information content (AvgIpc) is 2.88. The maximum Gasteiger partial charge on any atom is 0.122 e. The molecular formula is C15H24ClNO2. The molecule has 0 saturated heterocycles. The second-order valence-corrected chi connectivity index (χ2v) is 5.12. The molecule has 1 aromatic rings. The Labute approximate surface area is 121 Å². The molecule has 1 aromatic carbocycles. The zero-order valence-electron chi connectivity index (χ0n) is 11.5. The molecule has 0 amide bonds. The molecule has 1 aliphatic rings. The van der Waals surface area contributed by atoms with Crippen LogP contribution >= 0.6 is 12.4 Å². The van der Waals surface area contributed by atoms with E-state index in [1.54, 1.807) is 0 Å². The van der Waals surface area contributed by atoms with E-state index in [2.05, 4.69) is 5.32 Å². The molecule has 0 aliphatic heterocycles. The van der Waals surface area contributed by atoms with Crippen molar-refractivity contribution < 1.29 is 9.84 Å². The molecule has 1 atom stereocenters. The van der Waals surface area contributed by atoms with E-state index in [9.17, 15) is 5.11 Å². The first-order chi connectivity index (χ1) is 8.75. The zero-order valence-corrected chi connectivity index (χ0v) is 12.3. The van der Waals surface area contributed by atoms with Crippen LogP contribution in [0.25, 0.3) is 0 Å². The van der Waals surface area contributed by atoms with Crippen molar-refractivity contribution in [1.82, 2.24) is 5.32 Å². The predicted molar refractivity (Wildman–Crippen MR) is 80.2 cm³/mol. The van der Waals surface area contributed by atoms with E-state index in [0.717, 1.165) is 11.3 Å². The summed E-state index contributed by atoms with van der Waals surface area (Å²) >= 11 is 0. The van der Waals surface area contributed by atoms with Crippen molar-refractivity contribution in [2.45, 2.75) is 44.8 Å². The van der Waals surface area contributed by atoms with E-state index in [1.807, 2.05) is 31.2 Å². The number of rotatable bonds is 6. The van der Waals surface area contributed by atoms with Crippen LogP contribution in [0.5, 0.6) is 5.75 Å². The molecule has 0 bridgehead atoms. The highest BCUT2D eigenvalue weighted by Gasteiger charge is 2.15. The van der Waals surface area contributed by atoms with Crippen LogP contribution in [0.1, 0.15) is 31.2 Å². The zero-order chi connectivity index (χ0) is 12.8. The third kappa shape index (κ3) is 5.39. The highest BCUT2D eigenvalue weighted by Crippen LogP contribution is 2.18. The Morgan fingerprint density at radius 3 is 2.68 bits per heavy atom. The standard InChI is InChI=1S/C15H23NO2.ClH/c1-12-6-2-5-9-15(12)18-11-14(17)10-16-13-7-3-4-8-13;/h2,5-6,9,13-14,16-17H,3-4,7-8,10-11H2,1H3;1H. The van der Waals surface area contributed by atoms with Gasteiger partial charge in [0.1, 0.15) is 18.5 Å². The lowest BCUT2D eigenvalue weighted by molar-refractivity contribution is 0.103. The van der Waals surface area contributed by atoms with Crippen LogP contribution < -0.4 is 10.1 Å². The first-order valence-corrected chi connectivity index (χ1v) is 6.85. The third-order valence-corrected chi connectivity index (χ3v) is 3.52. The molecule has 108 valence electrons. The Bertz CT molecular complexity index is 367. The molecule has 3 nitrogen and oxygen atoms in total. The van der Waals surface area contributed by atoms with Crippen molar-refractivity contribution in [2.75, 3.05) is 13.2 Å². The molecule has 0 heterocycles. The minimum Gasteiger partial charge on any atom is -0.491 e. The molecule has 0 radical (unpaired) electrons. The van der Waals surface area contributed by atoms with Crippen molar-refractivity contribution in [1.29, 1.82) is 0 Å². The Hall–Kier alpha value is -0.770. The van der Waals surface area contributed by atoms with Crippen LogP contribution in [0.15, 0.2) is 24.3 Å². The van der Waals surface area contributed by atoms with Crippen LogP contribution in [0.3, 0.4) is 0 Å². The van der Waals surface area contributed by atoms with Gasteiger partial charge < -0.3 is 15.2 Å². The lowest BCUT2D eigenvalue weighted by Gasteiger charge is -2.17. The van der Waals surface area contributed by atoms with Crippen molar-refractivity contribution in [3.05, 3.63) is 29.8 Å². The first kappa shape index (κ1) is 16.3. The largest absolute Gasteiger partial charge is 0.491 e. The van der Waals surface area contributed by atoms with E-state index in [-0.39, 0.29) is 12.4 Å². The van der Waals surface area contributed by atoms with E-state index < -0.39 is 6.10 Å². The number of aliphatic hydroxyl groups excluding tert-OH is 1. The van der Waals surface area contributed by atoms with Gasteiger partial charge in [-0.05, 0) is 31.4 Å². The molecule has 0 spiro atoms. The molecule has 1 unspecified atom stereocenters. The summed E-state index contributed by atoms with van der Waals surface area (Å²) in [4.78, 5) is 0. The van der Waals surface area contributed by atoms with Crippen LogP contribution in [-0.4, -0.2) is 30.4 Å². The van der Waals surface area contributed by atoms with Gasteiger partial charge in [0.2, 0.25) is 0 Å². The molecule has 0 aromatic heterocycles. The maximum absolute atomic E-state index is 9.87. The quantitative estimate of drug-likeness (QED) is 0.844. The van der Waals surface area contributed by atoms with Gasteiger partial charge in [-0.3, -0.25) is 0 Å². The highest BCUT2D eigenvalue weighted by atomic mass is 35.5. The molecule has 1 saturated carbocycles. The Kier molecular flexibility index (Phi) is 7.21. The van der Waals surface area contributed by atoms with Gasteiger partial charge in [0.05, 0.1) is 0 Å². The summed E-state index contributed by atoms with van der Waals surface area (Å²) in [5, 5.41) is 13.3. The van der Waals surface area contributed by atoms with Crippen molar-refractivity contribution in [2.24, 2.45) is 0 Å². The molecule has 2 N–H and O–H groups in total. The number of nitrogens with one attached hydrogen (secondary N) is 1. The number of ether oxygens (including phenoxy) is 1. The van der Waals surface area contributed by atoms with Crippen molar-refractivity contribution >= 4 is 12.4 Å². The number of aliphatic hydroxyl groups is 1. The highest BCUT2D eigenvalue weighted by molar-refractivity contribution is 5.85. The smallest absolute Gasteiger partial charge is 0.122 e. The number of benzene rings is 1. The molecule has 19 heavy (non-hydrogen) atoms. The molecule has 2 rings (SSSR count). The predicted octanol–water partition coefficient (Wildman–Crippen LogP) is 2.69. The fourth-order valence-electron chi connectivity index (χ4n) is 2.40.